The van der Waals surface area contributed by atoms with Crippen LogP contribution in [0, 0.1) is 5.92 Å². The Morgan fingerprint density at radius 2 is 0.975 bits per heavy atom. The highest BCUT2D eigenvalue weighted by Gasteiger charge is 2.43. The van der Waals surface area contributed by atoms with Crippen LogP contribution in [0.1, 0.15) is 59.8 Å². The third kappa shape index (κ3) is 5.91. The minimum Gasteiger partial charge on any atom is -0.385 e. The van der Waals surface area contributed by atoms with Crippen LogP contribution in [0.15, 0.2) is 121 Å². The first-order valence-corrected chi connectivity index (χ1v) is 14.0. The summed E-state index contributed by atoms with van der Waals surface area (Å²) in [5, 5.41) is 23.9. The predicted octanol–water partition coefficient (Wildman–Crippen LogP) is 6.36. The van der Waals surface area contributed by atoms with Crippen molar-refractivity contribution in [2.75, 3.05) is 0 Å². The summed E-state index contributed by atoms with van der Waals surface area (Å²) in [5.74, 6) is -2.72. The summed E-state index contributed by atoms with van der Waals surface area (Å²) in [6.07, 6.45) is 1.32. The summed E-state index contributed by atoms with van der Waals surface area (Å²) in [7, 11) is 0. The number of aliphatic hydroxyl groups excluding tert-OH is 1. The molecule has 0 radical (unpaired) electrons. The monoisotopic (exact) mass is 533 g/mol. The number of aliphatic hydroxyl groups is 1. The standard InChI is InChI=1S/C35H35NO4/c37-33(34(38)31(25-15-5-1-6-16-25)26-17-7-2-8-18-26)29-23-13-14-24-30(29)36(40)35(39)32(27-19-9-3-10-20-27)28-21-11-4-12-22-28/h1-12,15-22,29-33,37,40H,13-14,23-24H2/t29-,30-,33?/m1/s1. The number of nitrogens with zero attached hydrogens (tertiary/aromatic N) is 1. The van der Waals surface area contributed by atoms with Gasteiger partial charge in [-0.1, -0.05) is 134 Å². The topological polar surface area (TPSA) is 77.8 Å². The molecule has 1 saturated carbocycles. The van der Waals surface area contributed by atoms with Crippen LogP contribution in [0.2, 0.25) is 0 Å². The van der Waals surface area contributed by atoms with Crippen molar-refractivity contribution >= 4 is 11.7 Å². The van der Waals surface area contributed by atoms with Crippen LogP contribution in [0.3, 0.4) is 0 Å². The number of hydroxylamine groups is 2. The van der Waals surface area contributed by atoms with Gasteiger partial charge in [-0.2, -0.15) is 0 Å². The average molecular weight is 534 g/mol. The third-order valence-corrected chi connectivity index (χ3v) is 8.08. The van der Waals surface area contributed by atoms with E-state index in [0.717, 1.165) is 40.2 Å². The van der Waals surface area contributed by atoms with Gasteiger partial charge in [0.1, 0.15) is 6.10 Å². The number of hydrogen-bond donors (Lipinski definition) is 2. The zero-order valence-corrected chi connectivity index (χ0v) is 22.4. The number of ketones is 1. The number of rotatable bonds is 9. The maximum Gasteiger partial charge on any atom is 0.258 e. The Labute approximate surface area is 235 Å². The number of hydrogen-bond acceptors (Lipinski definition) is 4. The molecule has 0 spiro atoms. The number of benzene rings is 4. The van der Waals surface area contributed by atoms with Crippen LogP contribution in [-0.2, 0) is 9.59 Å². The first-order chi connectivity index (χ1) is 19.6. The van der Waals surface area contributed by atoms with Crippen molar-refractivity contribution in [3.8, 4) is 0 Å². The van der Waals surface area contributed by atoms with Gasteiger partial charge < -0.3 is 5.11 Å². The van der Waals surface area contributed by atoms with Crippen LogP contribution in [0.5, 0.6) is 0 Å². The number of Topliss-reactive ketones (excluding diaryl/α,β-unsaturated/α-hetero) is 1. The Kier molecular flexibility index (Phi) is 8.84. The lowest BCUT2D eigenvalue weighted by Gasteiger charge is -2.40. The molecule has 0 heterocycles. The van der Waals surface area contributed by atoms with Crippen LogP contribution in [0.25, 0.3) is 0 Å². The van der Waals surface area contributed by atoms with Crippen molar-refractivity contribution in [1.29, 1.82) is 0 Å². The van der Waals surface area contributed by atoms with Gasteiger partial charge in [-0.3, -0.25) is 14.8 Å². The Bertz CT molecular complexity index is 1190. The van der Waals surface area contributed by atoms with Crippen molar-refractivity contribution in [1.82, 2.24) is 5.06 Å². The Morgan fingerprint density at radius 3 is 1.40 bits per heavy atom. The van der Waals surface area contributed by atoms with Gasteiger partial charge in [0.05, 0.1) is 17.9 Å². The molecule has 0 aliphatic heterocycles. The minimum absolute atomic E-state index is 0.321. The van der Waals surface area contributed by atoms with Crippen molar-refractivity contribution in [2.45, 2.75) is 49.7 Å². The van der Waals surface area contributed by atoms with Crippen LogP contribution in [-0.4, -0.2) is 39.2 Å². The van der Waals surface area contributed by atoms with E-state index in [9.17, 15) is 19.9 Å². The van der Waals surface area contributed by atoms with Crippen LogP contribution >= 0.6 is 0 Å². The molecule has 1 unspecified atom stereocenters. The van der Waals surface area contributed by atoms with Crippen molar-refractivity contribution < 1.29 is 19.9 Å². The molecule has 1 aliphatic carbocycles. The number of carbonyl (C=O) groups is 2. The molecule has 5 heteroatoms. The minimum atomic E-state index is -1.34. The SMILES string of the molecule is O=C(C(c1ccccc1)c1ccccc1)C(O)[C@@H]1CCCC[C@H]1N(O)C(=O)C(c1ccccc1)c1ccccc1. The maximum atomic E-state index is 14.0. The van der Waals surface area contributed by atoms with Gasteiger partial charge in [0, 0.05) is 5.92 Å². The van der Waals surface area contributed by atoms with E-state index < -0.39 is 35.8 Å². The molecule has 5 nitrogen and oxygen atoms in total. The third-order valence-electron chi connectivity index (χ3n) is 8.08. The summed E-state index contributed by atoms with van der Waals surface area (Å²) < 4.78 is 0. The van der Waals surface area contributed by atoms with E-state index in [-0.39, 0.29) is 5.78 Å². The Balaban J connectivity index is 1.44. The van der Waals surface area contributed by atoms with E-state index in [4.69, 9.17) is 0 Å². The molecule has 0 bridgehead atoms. The van der Waals surface area contributed by atoms with Crippen molar-refractivity contribution in [3.63, 3.8) is 0 Å². The zero-order valence-electron chi connectivity index (χ0n) is 22.4. The smallest absolute Gasteiger partial charge is 0.258 e. The van der Waals surface area contributed by atoms with Gasteiger partial charge in [-0.25, -0.2) is 5.06 Å². The normalized spacial score (nSPS) is 17.9. The molecule has 1 fully saturated rings. The van der Waals surface area contributed by atoms with Crippen LogP contribution < -0.4 is 0 Å². The molecule has 204 valence electrons. The molecule has 40 heavy (non-hydrogen) atoms. The average Bonchev–Trinajstić information content (AvgIpc) is 3.02. The van der Waals surface area contributed by atoms with Crippen LogP contribution in [0.4, 0.5) is 0 Å². The van der Waals surface area contributed by atoms with Gasteiger partial charge >= 0.3 is 0 Å². The number of amides is 1. The molecule has 3 atom stereocenters. The van der Waals surface area contributed by atoms with E-state index in [0.29, 0.717) is 12.8 Å². The largest absolute Gasteiger partial charge is 0.385 e. The van der Waals surface area contributed by atoms with E-state index in [1.807, 2.05) is 121 Å². The molecule has 4 aromatic rings. The molecular weight excluding hydrogens is 498 g/mol. The fraction of sp³-hybridized carbons (Fsp3) is 0.257. The van der Waals surface area contributed by atoms with Crippen molar-refractivity contribution in [3.05, 3.63) is 144 Å². The summed E-state index contributed by atoms with van der Waals surface area (Å²) >= 11 is 0. The quantitative estimate of drug-likeness (QED) is 0.194. The van der Waals surface area contributed by atoms with Gasteiger partial charge in [0.15, 0.2) is 5.78 Å². The second kappa shape index (κ2) is 12.9. The second-order valence-corrected chi connectivity index (χ2v) is 10.6. The highest BCUT2D eigenvalue weighted by Crippen LogP contribution is 2.37. The highest BCUT2D eigenvalue weighted by molar-refractivity contribution is 5.93. The summed E-state index contributed by atoms with van der Waals surface area (Å²) in [5.41, 5.74) is 3.15. The summed E-state index contributed by atoms with van der Waals surface area (Å²) in [6, 6.07) is 37.0. The predicted molar refractivity (Wildman–Crippen MR) is 155 cm³/mol. The van der Waals surface area contributed by atoms with Gasteiger partial charge in [-0.15, -0.1) is 0 Å². The maximum absolute atomic E-state index is 14.0. The van der Waals surface area contributed by atoms with Crippen molar-refractivity contribution in [2.24, 2.45) is 5.92 Å². The number of carbonyl (C=O) groups excluding carboxylic acids is 2. The summed E-state index contributed by atoms with van der Waals surface area (Å²) in [6.45, 7) is 0. The van der Waals surface area contributed by atoms with E-state index in [2.05, 4.69) is 0 Å². The molecule has 1 aliphatic rings. The fourth-order valence-electron chi connectivity index (χ4n) is 6.07. The van der Waals surface area contributed by atoms with Gasteiger partial charge in [0.25, 0.3) is 5.91 Å². The summed E-state index contributed by atoms with van der Waals surface area (Å²) in [4.78, 5) is 28.0. The van der Waals surface area contributed by atoms with Gasteiger partial charge in [0.2, 0.25) is 0 Å². The lowest BCUT2D eigenvalue weighted by atomic mass is 9.75. The van der Waals surface area contributed by atoms with E-state index in [1.165, 1.54) is 0 Å². The highest BCUT2D eigenvalue weighted by atomic mass is 16.5. The molecule has 4 aromatic carbocycles. The molecule has 0 aromatic heterocycles. The molecular formula is C35H35NO4. The first kappa shape index (κ1) is 27.5. The lowest BCUT2D eigenvalue weighted by Crippen LogP contribution is -2.51. The second-order valence-electron chi connectivity index (χ2n) is 10.6. The van der Waals surface area contributed by atoms with E-state index in [1.54, 1.807) is 0 Å². The molecule has 5 rings (SSSR count). The zero-order chi connectivity index (χ0) is 27.9. The van der Waals surface area contributed by atoms with Gasteiger partial charge in [-0.05, 0) is 35.1 Å². The fourth-order valence-corrected chi connectivity index (χ4v) is 6.07. The molecule has 0 saturated heterocycles. The Hall–Kier alpha value is -4.06. The molecule has 1 amide bonds. The van der Waals surface area contributed by atoms with E-state index >= 15 is 0 Å². The molecule has 2 N–H and O–H groups in total. The lowest BCUT2D eigenvalue weighted by molar-refractivity contribution is -0.190. The Morgan fingerprint density at radius 1 is 0.600 bits per heavy atom. The first-order valence-electron chi connectivity index (χ1n) is 14.0.